The maximum Gasteiger partial charge on any atom is 0.250 e. The van der Waals surface area contributed by atoms with E-state index in [-0.39, 0.29) is 11.7 Å². The number of carbonyl (C=O) groups is 1. The molecule has 0 aliphatic carbocycles. The molecule has 0 bridgehead atoms. The Morgan fingerprint density at radius 3 is 2.69 bits per heavy atom. The summed E-state index contributed by atoms with van der Waals surface area (Å²) in [5.74, 6) is 0.702. The van der Waals surface area contributed by atoms with E-state index in [0.717, 1.165) is 17.0 Å². The third-order valence-electron chi connectivity index (χ3n) is 3.50. The van der Waals surface area contributed by atoms with Crippen LogP contribution in [0.15, 0.2) is 64.9 Å². The van der Waals surface area contributed by atoms with E-state index in [0.29, 0.717) is 10.2 Å². The highest BCUT2D eigenvalue weighted by Crippen LogP contribution is 2.22. The lowest BCUT2D eigenvalue weighted by atomic mass is 10.2. The lowest BCUT2D eigenvalue weighted by molar-refractivity contribution is -0.118. The van der Waals surface area contributed by atoms with Gasteiger partial charge in [-0.2, -0.15) is 5.10 Å². The van der Waals surface area contributed by atoms with Crippen molar-refractivity contribution in [2.45, 2.75) is 5.16 Å². The lowest BCUT2D eigenvalue weighted by Crippen LogP contribution is -2.19. The molecule has 0 saturated carbocycles. The van der Waals surface area contributed by atoms with E-state index in [1.807, 2.05) is 60.1 Å². The minimum Gasteiger partial charge on any atom is -0.305 e. The van der Waals surface area contributed by atoms with Crippen LogP contribution in [0.1, 0.15) is 5.56 Å². The Morgan fingerprint density at radius 2 is 1.92 bits per heavy atom. The van der Waals surface area contributed by atoms with Gasteiger partial charge in [0.15, 0.2) is 11.0 Å². The molecular weight excluding hydrogens is 370 g/mol. The van der Waals surface area contributed by atoms with Crippen LogP contribution < -0.4 is 5.43 Å². The standard InChI is InChI=1S/C18H16ClN5OS/c1-24-17(13-7-3-2-4-8-13)22-23-18(24)26-12-16(25)21-20-11-14-9-5-6-10-15(14)19/h2-11H,12H2,1H3,(H,21,25)/b20-11-. The van der Waals surface area contributed by atoms with Crippen molar-refractivity contribution in [1.82, 2.24) is 20.2 Å². The number of nitrogens with one attached hydrogen (secondary N) is 1. The quantitative estimate of drug-likeness (QED) is 0.401. The molecule has 0 aliphatic rings. The van der Waals surface area contributed by atoms with Gasteiger partial charge in [0.25, 0.3) is 5.91 Å². The molecule has 8 heteroatoms. The minimum absolute atomic E-state index is 0.181. The summed E-state index contributed by atoms with van der Waals surface area (Å²) in [5, 5.41) is 13.5. The van der Waals surface area contributed by atoms with Crippen LogP contribution >= 0.6 is 23.4 Å². The SMILES string of the molecule is Cn1c(SCC(=O)N/N=C\c2ccccc2Cl)nnc1-c1ccccc1. The molecule has 2 aromatic carbocycles. The van der Waals surface area contributed by atoms with Gasteiger partial charge in [0.2, 0.25) is 0 Å². The molecule has 0 atom stereocenters. The summed E-state index contributed by atoms with van der Waals surface area (Å²) in [4.78, 5) is 11.9. The molecule has 0 radical (unpaired) electrons. The van der Waals surface area contributed by atoms with Gasteiger partial charge in [0.05, 0.1) is 12.0 Å². The maximum absolute atomic E-state index is 11.9. The summed E-state index contributed by atoms with van der Waals surface area (Å²) in [7, 11) is 1.87. The molecule has 0 spiro atoms. The second-order valence-corrected chi connectivity index (χ2v) is 6.68. The molecule has 1 heterocycles. The predicted octanol–water partition coefficient (Wildman–Crippen LogP) is 3.38. The molecule has 1 amide bonds. The number of amides is 1. The molecule has 1 N–H and O–H groups in total. The van der Waals surface area contributed by atoms with E-state index in [1.54, 1.807) is 6.07 Å². The normalized spacial score (nSPS) is 11.0. The summed E-state index contributed by atoms with van der Waals surface area (Å²) in [6.07, 6.45) is 1.51. The summed E-state index contributed by atoms with van der Waals surface area (Å²) >= 11 is 7.32. The number of nitrogens with zero attached hydrogens (tertiary/aromatic N) is 4. The highest BCUT2D eigenvalue weighted by Gasteiger charge is 2.12. The van der Waals surface area contributed by atoms with E-state index in [2.05, 4.69) is 20.7 Å². The van der Waals surface area contributed by atoms with Gasteiger partial charge in [-0.3, -0.25) is 4.79 Å². The Bertz CT molecular complexity index is 926. The first-order valence-corrected chi connectivity index (χ1v) is 9.15. The van der Waals surface area contributed by atoms with Gasteiger partial charge in [-0.1, -0.05) is 71.9 Å². The van der Waals surface area contributed by atoms with Crippen LogP contribution in [0.25, 0.3) is 11.4 Å². The average Bonchev–Trinajstić information content (AvgIpc) is 3.03. The highest BCUT2D eigenvalue weighted by atomic mass is 35.5. The Kier molecular flexibility index (Phi) is 6.04. The molecule has 132 valence electrons. The zero-order valence-electron chi connectivity index (χ0n) is 14.0. The Morgan fingerprint density at radius 1 is 1.19 bits per heavy atom. The number of thioether (sulfide) groups is 1. The first kappa shape index (κ1) is 18.2. The molecular formula is C18H16ClN5OS. The number of hydrogen-bond acceptors (Lipinski definition) is 5. The second kappa shape index (κ2) is 8.64. The van der Waals surface area contributed by atoms with Gasteiger partial charge in [-0.05, 0) is 6.07 Å². The van der Waals surface area contributed by atoms with E-state index >= 15 is 0 Å². The average molecular weight is 386 g/mol. The topological polar surface area (TPSA) is 72.2 Å². The van der Waals surface area contributed by atoms with Crippen molar-refractivity contribution in [3.05, 3.63) is 65.2 Å². The lowest BCUT2D eigenvalue weighted by Gasteiger charge is -2.03. The molecule has 26 heavy (non-hydrogen) atoms. The first-order valence-electron chi connectivity index (χ1n) is 7.79. The van der Waals surface area contributed by atoms with Gasteiger partial charge in [0.1, 0.15) is 0 Å². The summed E-state index contributed by atoms with van der Waals surface area (Å²) in [5.41, 5.74) is 4.19. The number of hydrazone groups is 1. The van der Waals surface area contributed by atoms with E-state index in [9.17, 15) is 4.79 Å². The van der Waals surface area contributed by atoms with Crippen molar-refractivity contribution >= 4 is 35.5 Å². The van der Waals surface area contributed by atoms with E-state index in [4.69, 9.17) is 11.6 Å². The highest BCUT2D eigenvalue weighted by molar-refractivity contribution is 7.99. The molecule has 3 rings (SSSR count). The van der Waals surface area contributed by atoms with Gasteiger partial charge in [-0.25, -0.2) is 5.43 Å². The van der Waals surface area contributed by atoms with E-state index < -0.39 is 0 Å². The van der Waals surface area contributed by atoms with Crippen LogP contribution in [0.2, 0.25) is 5.02 Å². The number of rotatable bonds is 6. The van der Waals surface area contributed by atoms with Gasteiger partial charge < -0.3 is 4.57 Å². The number of hydrogen-bond donors (Lipinski definition) is 1. The van der Waals surface area contributed by atoms with Crippen LogP contribution in [0, 0.1) is 0 Å². The number of carbonyl (C=O) groups excluding carboxylic acids is 1. The van der Waals surface area contributed by atoms with Crippen molar-refractivity contribution in [3.8, 4) is 11.4 Å². The second-order valence-electron chi connectivity index (χ2n) is 5.33. The van der Waals surface area contributed by atoms with Crippen LogP contribution in [0.4, 0.5) is 0 Å². The summed E-state index contributed by atoms with van der Waals surface area (Å²) in [6.45, 7) is 0. The first-order chi connectivity index (χ1) is 12.6. The number of benzene rings is 2. The Labute approximate surface area is 160 Å². The largest absolute Gasteiger partial charge is 0.305 e. The minimum atomic E-state index is -0.234. The molecule has 3 aromatic rings. The predicted molar refractivity (Wildman–Crippen MR) is 104 cm³/mol. The van der Waals surface area contributed by atoms with Crippen molar-refractivity contribution < 1.29 is 4.79 Å². The zero-order chi connectivity index (χ0) is 18.4. The Balaban J connectivity index is 1.55. The zero-order valence-corrected chi connectivity index (χ0v) is 15.5. The molecule has 1 aromatic heterocycles. The Hall–Kier alpha value is -2.64. The van der Waals surface area contributed by atoms with Crippen molar-refractivity contribution in [1.29, 1.82) is 0 Å². The van der Waals surface area contributed by atoms with Crippen LogP contribution in [0.5, 0.6) is 0 Å². The third kappa shape index (κ3) is 4.50. The summed E-state index contributed by atoms with van der Waals surface area (Å²) < 4.78 is 1.86. The molecule has 0 unspecified atom stereocenters. The van der Waals surface area contributed by atoms with Gasteiger partial charge in [0, 0.05) is 23.2 Å². The number of aromatic nitrogens is 3. The summed E-state index contributed by atoms with van der Waals surface area (Å²) in [6, 6.07) is 17.0. The monoisotopic (exact) mass is 385 g/mol. The van der Waals surface area contributed by atoms with Gasteiger partial charge >= 0.3 is 0 Å². The molecule has 0 fully saturated rings. The molecule has 0 aliphatic heterocycles. The molecule has 0 saturated heterocycles. The van der Waals surface area contributed by atoms with Gasteiger partial charge in [-0.15, -0.1) is 10.2 Å². The van der Waals surface area contributed by atoms with Crippen molar-refractivity contribution in [2.75, 3.05) is 5.75 Å². The molecule has 6 nitrogen and oxygen atoms in total. The third-order valence-corrected chi connectivity index (χ3v) is 4.86. The van der Waals surface area contributed by atoms with E-state index in [1.165, 1.54) is 18.0 Å². The fourth-order valence-electron chi connectivity index (χ4n) is 2.20. The smallest absolute Gasteiger partial charge is 0.250 e. The van der Waals surface area contributed by atoms with Crippen LogP contribution in [0.3, 0.4) is 0 Å². The fraction of sp³-hybridized carbons (Fsp3) is 0.111. The van der Waals surface area contributed by atoms with Crippen LogP contribution in [-0.4, -0.2) is 32.6 Å². The van der Waals surface area contributed by atoms with Crippen molar-refractivity contribution in [2.24, 2.45) is 12.1 Å². The van der Waals surface area contributed by atoms with Crippen LogP contribution in [-0.2, 0) is 11.8 Å². The fourth-order valence-corrected chi connectivity index (χ4v) is 3.08. The maximum atomic E-state index is 11.9. The van der Waals surface area contributed by atoms with Crippen molar-refractivity contribution in [3.63, 3.8) is 0 Å². The number of halogens is 1.